The van der Waals surface area contributed by atoms with Crippen LogP contribution >= 0.6 is 0 Å². The summed E-state index contributed by atoms with van der Waals surface area (Å²) in [5, 5.41) is 32.8. The Hall–Kier alpha value is -1.56. The number of unbranched alkanes of at least 4 members (excludes halogenated alkanes) is 2. The molecule has 3 unspecified atom stereocenters. The molecule has 5 nitrogen and oxygen atoms in total. The van der Waals surface area contributed by atoms with Crippen LogP contribution in [0.25, 0.3) is 0 Å². The number of hydrogen-bond donors (Lipinski definition) is 3. The normalized spacial score (nSPS) is 28.9. The van der Waals surface area contributed by atoms with E-state index in [0.29, 0.717) is 17.7 Å². The standard InChI is InChI=1S/C21H30O4.H2O/c1-5-6-7-8-14-10-15(22)18-17(11-14)25-20(3,4)19-16(23)9-13(2)12-21(18,19)24;/h10-12,16,19,22-24H,5-9H2,1-4H3;1H2. The van der Waals surface area contributed by atoms with Crippen LogP contribution in [-0.4, -0.2) is 32.5 Å². The Balaban J connectivity index is 0.00000243. The van der Waals surface area contributed by atoms with E-state index in [0.717, 1.165) is 36.8 Å². The van der Waals surface area contributed by atoms with Gasteiger partial charge in [0.15, 0.2) is 0 Å². The zero-order valence-electron chi connectivity index (χ0n) is 16.2. The van der Waals surface area contributed by atoms with Gasteiger partial charge in [0.1, 0.15) is 22.7 Å². The number of phenolic OH excluding ortho intramolecular Hbond substituents is 1. The summed E-state index contributed by atoms with van der Waals surface area (Å²) >= 11 is 0. The molecule has 1 aliphatic carbocycles. The van der Waals surface area contributed by atoms with E-state index in [-0.39, 0.29) is 11.2 Å². The van der Waals surface area contributed by atoms with E-state index in [1.807, 2.05) is 26.8 Å². The van der Waals surface area contributed by atoms with Crippen molar-refractivity contribution in [2.75, 3.05) is 0 Å². The quantitative estimate of drug-likeness (QED) is 0.564. The van der Waals surface area contributed by atoms with E-state index in [2.05, 4.69) is 6.92 Å². The molecule has 3 rings (SSSR count). The minimum absolute atomic E-state index is 0. The molecule has 26 heavy (non-hydrogen) atoms. The average molecular weight is 364 g/mol. The molecule has 0 radical (unpaired) electrons. The lowest BCUT2D eigenvalue weighted by molar-refractivity contribution is -0.150. The van der Waals surface area contributed by atoms with Crippen LogP contribution < -0.4 is 4.74 Å². The van der Waals surface area contributed by atoms with Gasteiger partial charge in [-0.05, 0) is 63.8 Å². The number of aliphatic hydroxyl groups excluding tert-OH is 1. The largest absolute Gasteiger partial charge is 0.507 e. The highest BCUT2D eigenvalue weighted by molar-refractivity contribution is 5.56. The second-order valence-corrected chi connectivity index (χ2v) is 8.22. The summed E-state index contributed by atoms with van der Waals surface area (Å²) in [4.78, 5) is 0. The van der Waals surface area contributed by atoms with Crippen LogP contribution in [0.2, 0.25) is 0 Å². The fraction of sp³-hybridized carbons (Fsp3) is 0.619. The molecule has 0 saturated carbocycles. The second-order valence-electron chi connectivity index (χ2n) is 8.22. The summed E-state index contributed by atoms with van der Waals surface area (Å²) in [5.74, 6) is 0.0339. The third-order valence-corrected chi connectivity index (χ3v) is 5.59. The van der Waals surface area contributed by atoms with E-state index in [1.165, 1.54) is 0 Å². The van der Waals surface area contributed by atoms with Crippen molar-refractivity contribution in [3.8, 4) is 11.5 Å². The fourth-order valence-corrected chi connectivity index (χ4v) is 4.70. The summed E-state index contributed by atoms with van der Waals surface area (Å²) in [6.45, 7) is 7.85. The van der Waals surface area contributed by atoms with Crippen LogP contribution in [0.1, 0.15) is 64.5 Å². The Morgan fingerprint density at radius 1 is 1.23 bits per heavy atom. The molecule has 3 atom stereocenters. The first-order valence-corrected chi connectivity index (χ1v) is 9.33. The first kappa shape index (κ1) is 20.7. The Bertz CT molecular complexity index is 694. The van der Waals surface area contributed by atoms with E-state index in [9.17, 15) is 15.3 Å². The third-order valence-electron chi connectivity index (χ3n) is 5.59. The average Bonchev–Trinajstić information content (AvgIpc) is 2.43. The molecule has 0 aromatic heterocycles. The first-order valence-electron chi connectivity index (χ1n) is 9.33. The zero-order chi connectivity index (χ0) is 18.4. The van der Waals surface area contributed by atoms with Gasteiger partial charge in [-0.25, -0.2) is 0 Å². The molecule has 0 spiro atoms. The van der Waals surface area contributed by atoms with Crippen molar-refractivity contribution in [3.05, 3.63) is 34.9 Å². The van der Waals surface area contributed by atoms with Gasteiger partial charge in [0, 0.05) is 0 Å². The molecule has 0 bridgehead atoms. The van der Waals surface area contributed by atoms with Crippen molar-refractivity contribution in [2.45, 2.75) is 77.1 Å². The minimum Gasteiger partial charge on any atom is -0.507 e. The summed E-state index contributed by atoms with van der Waals surface area (Å²) in [6.07, 6.45) is 5.78. The predicted molar refractivity (Wildman–Crippen MR) is 101 cm³/mol. The summed E-state index contributed by atoms with van der Waals surface area (Å²) in [7, 11) is 0. The molecule has 2 aliphatic rings. The molecule has 5 heteroatoms. The highest BCUT2D eigenvalue weighted by Crippen LogP contribution is 2.55. The smallest absolute Gasteiger partial charge is 0.130 e. The van der Waals surface area contributed by atoms with Gasteiger partial charge in [0.25, 0.3) is 0 Å². The van der Waals surface area contributed by atoms with E-state index in [1.54, 1.807) is 12.1 Å². The lowest BCUT2D eigenvalue weighted by atomic mass is 9.63. The van der Waals surface area contributed by atoms with Gasteiger partial charge >= 0.3 is 0 Å². The molecular formula is C21H32O5. The Labute approximate surface area is 155 Å². The van der Waals surface area contributed by atoms with E-state index >= 15 is 0 Å². The maximum absolute atomic E-state index is 11.5. The van der Waals surface area contributed by atoms with Crippen molar-refractivity contribution in [1.82, 2.24) is 0 Å². The molecule has 0 amide bonds. The van der Waals surface area contributed by atoms with Gasteiger partial charge in [0.2, 0.25) is 0 Å². The third kappa shape index (κ3) is 3.36. The molecule has 146 valence electrons. The SMILES string of the molecule is CCCCCc1cc(O)c2c(c1)OC(C)(C)C1C(O)CC(C)=CC21O.O. The zero-order valence-corrected chi connectivity index (χ0v) is 16.2. The second kappa shape index (κ2) is 7.22. The van der Waals surface area contributed by atoms with Crippen molar-refractivity contribution in [1.29, 1.82) is 0 Å². The van der Waals surface area contributed by atoms with Gasteiger partial charge in [-0.3, -0.25) is 0 Å². The Morgan fingerprint density at radius 3 is 2.58 bits per heavy atom. The summed E-state index contributed by atoms with van der Waals surface area (Å²) in [6, 6.07) is 3.67. The van der Waals surface area contributed by atoms with Crippen LogP contribution in [0, 0.1) is 5.92 Å². The molecule has 1 aliphatic heterocycles. The molecule has 0 fully saturated rings. The van der Waals surface area contributed by atoms with Crippen molar-refractivity contribution in [2.24, 2.45) is 5.92 Å². The van der Waals surface area contributed by atoms with Crippen LogP contribution in [0.4, 0.5) is 0 Å². The topological polar surface area (TPSA) is 101 Å². The number of phenols is 1. The monoisotopic (exact) mass is 364 g/mol. The lowest BCUT2D eigenvalue weighted by Gasteiger charge is -2.52. The van der Waals surface area contributed by atoms with Gasteiger partial charge in [-0.2, -0.15) is 0 Å². The van der Waals surface area contributed by atoms with Crippen LogP contribution in [0.15, 0.2) is 23.8 Å². The number of benzene rings is 1. The number of ether oxygens (including phenoxy) is 1. The first-order chi connectivity index (χ1) is 11.7. The van der Waals surface area contributed by atoms with Gasteiger partial charge in [-0.15, -0.1) is 0 Å². The highest BCUT2D eigenvalue weighted by atomic mass is 16.5. The molecule has 1 heterocycles. The number of fused-ring (bicyclic) bond motifs is 3. The number of hydrogen-bond acceptors (Lipinski definition) is 4. The van der Waals surface area contributed by atoms with Gasteiger partial charge in [-0.1, -0.05) is 25.3 Å². The van der Waals surface area contributed by atoms with E-state index < -0.39 is 23.2 Å². The van der Waals surface area contributed by atoms with Crippen molar-refractivity contribution < 1.29 is 25.5 Å². The maximum Gasteiger partial charge on any atom is 0.130 e. The number of aliphatic hydroxyl groups is 2. The van der Waals surface area contributed by atoms with E-state index in [4.69, 9.17) is 4.74 Å². The number of rotatable bonds is 4. The molecule has 5 N–H and O–H groups in total. The Kier molecular flexibility index (Phi) is 5.76. The fourth-order valence-electron chi connectivity index (χ4n) is 4.70. The van der Waals surface area contributed by atoms with Gasteiger partial charge < -0.3 is 25.5 Å². The Morgan fingerprint density at radius 2 is 1.92 bits per heavy atom. The molecule has 1 aromatic carbocycles. The van der Waals surface area contributed by atoms with Gasteiger partial charge in [0.05, 0.1) is 17.6 Å². The van der Waals surface area contributed by atoms with Crippen molar-refractivity contribution >= 4 is 0 Å². The summed E-state index contributed by atoms with van der Waals surface area (Å²) < 4.78 is 6.18. The maximum atomic E-state index is 11.5. The lowest BCUT2D eigenvalue weighted by Crippen LogP contribution is -2.59. The molecule has 1 aromatic rings. The van der Waals surface area contributed by atoms with Crippen LogP contribution in [0.3, 0.4) is 0 Å². The van der Waals surface area contributed by atoms with Crippen LogP contribution in [-0.2, 0) is 12.0 Å². The van der Waals surface area contributed by atoms with Crippen LogP contribution in [0.5, 0.6) is 11.5 Å². The number of aromatic hydroxyl groups is 1. The molecular weight excluding hydrogens is 332 g/mol. The summed E-state index contributed by atoms with van der Waals surface area (Å²) in [5.41, 5.74) is 0.146. The van der Waals surface area contributed by atoms with Crippen molar-refractivity contribution in [3.63, 3.8) is 0 Å². The predicted octanol–water partition coefficient (Wildman–Crippen LogP) is 2.99. The number of aryl methyl sites for hydroxylation is 1. The minimum atomic E-state index is -1.43. The highest BCUT2D eigenvalue weighted by Gasteiger charge is 2.57. The molecule has 0 saturated heterocycles.